The van der Waals surface area contributed by atoms with Crippen LogP contribution in [-0.2, 0) is 0 Å². The van der Waals surface area contributed by atoms with Crippen LogP contribution in [0, 0.1) is 68.9 Å². The molecule has 6 aliphatic rings. The lowest BCUT2D eigenvalue weighted by molar-refractivity contribution is -0.624. The standard InChI is InChI=1S/C10H6N2O2/c13-11-1-9-3-6-4(9)8-5(9)7(3)10(6,8)2-12-14/h3-8H. The zero-order valence-electron chi connectivity index (χ0n) is 7.18. The summed E-state index contributed by atoms with van der Waals surface area (Å²) in [6, 6.07) is 5.53. The molecule has 0 aliphatic heterocycles. The van der Waals surface area contributed by atoms with Gasteiger partial charge in [-0.3, -0.25) is 0 Å². The highest BCUT2D eigenvalue weighted by Gasteiger charge is 3.13. The predicted octanol–water partition coefficient (Wildman–Crippen LogP) is 1.39. The van der Waals surface area contributed by atoms with E-state index in [0.717, 1.165) is 0 Å². The highest BCUT2D eigenvalue weighted by Crippen LogP contribution is 3.10. The molecule has 14 heavy (non-hydrogen) atoms. The van der Waals surface area contributed by atoms with Crippen LogP contribution in [0.15, 0.2) is 0 Å². The van der Waals surface area contributed by atoms with Crippen molar-refractivity contribution in [3.63, 3.8) is 0 Å². The highest BCUT2D eigenvalue weighted by atomic mass is 16.4. The van der Waals surface area contributed by atoms with E-state index in [9.17, 15) is 10.4 Å². The Hall–Kier alpha value is -1.42. The molecule has 0 heterocycles. The number of nitrogens with zero attached hydrogens (tertiary/aromatic N) is 2. The summed E-state index contributed by atoms with van der Waals surface area (Å²) < 4.78 is 0. The van der Waals surface area contributed by atoms with Gasteiger partial charge < -0.3 is 10.4 Å². The zero-order chi connectivity index (χ0) is 9.29. The molecule has 6 saturated carbocycles. The first kappa shape index (κ1) is 6.14. The molecule has 0 atom stereocenters. The third-order valence-electron chi connectivity index (χ3n) is 6.11. The van der Waals surface area contributed by atoms with Gasteiger partial charge in [0.05, 0.1) is 0 Å². The average molecular weight is 186 g/mol. The average Bonchev–Trinajstić information content (AvgIpc) is 2.22. The Kier molecular flexibility index (Phi) is 0.535. The second-order valence-corrected chi connectivity index (χ2v) is 5.43. The summed E-state index contributed by atoms with van der Waals surface area (Å²) in [5, 5.41) is 26.2. The first-order chi connectivity index (χ1) is 6.85. The SMILES string of the molecule is [O-][N+]#CC12C3C4C1C1C2C3C41C#[N+][O-]. The minimum atomic E-state index is 0.0774. The second-order valence-electron chi connectivity index (χ2n) is 5.43. The Balaban J connectivity index is 1.64. The Morgan fingerprint density at radius 2 is 1.00 bits per heavy atom. The van der Waals surface area contributed by atoms with E-state index in [0.29, 0.717) is 35.5 Å². The van der Waals surface area contributed by atoms with Crippen LogP contribution in [0.4, 0.5) is 0 Å². The van der Waals surface area contributed by atoms with Crippen LogP contribution in [0.2, 0.25) is 0 Å². The van der Waals surface area contributed by atoms with Crippen molar-refractivity contribution in [3.05, 3.63) is 20.4 Å². The van der Waals surface area contributed by atoms with Gasteiger partial charge in [-0.25, -0.2) is 0 Å². The largest absolute Gasteiger partial charge is 0.498 e. The molecule has 0 amide bonds. The minimum absolute atomic E-state index is 0.0774. The van der Waals surface area contributed by atoms with Crippen molar-refractivity contribution in [1.29, 1.82) is 0 Å². The number of hydrogen-bond donors (Lipinski definition) is 0. The van der Waals surface area contributed by atoms with E-state index in [1.54, 1.807) is 0 Å². The summed E-state index contributed by atoms with van der Waals surface area (Å²) in [4.78, 5) is 0. The molecule has 0 N–H and O–H groups in total. The van der Waals surface area contributed by atoms with E-state index >= 15 is 0 Å². The van der Waals surface area contributed by atoms with Crippen LogP contribution in [0.25, 0.3) is 10.0 Å². The maximum absolute atomic E-state index is 10.2. The van der Waals surface area contributed by atoms with Crippen LogP contribution in [0.5, 0.6) is 0 Å². The van der Waals surface area contributed by atoms with Gasteiger partial charge in [-0.1, -0.05) is 0 Å². The molecule has 0 unspecified atom stereocenters. The maximum Gasteiger partial charge on any atom is 0.306 e. The fourth-order valence-corrected chi connectivity index (χ4v) is 6.13. The summed E-state index contributed by atoms with van der Waals surface area (Å²) in [5.41, 5.74) is 0.155. The third-order valence-corrected chi connectivity index (χ3v) is 6.11. The van der Waals surface area contributed by atoms with Gasteiger partial charge in [0.15, 0.2) is 0 Å². The van der Waals surface area contributed by atoms with Gasteiger partial charge in [0.1, 0.15) is 10.8 Å². The lowest BCUT2D eigenvalue weighted by Gasteiger charge is -3.05. The van der Waals surface area contributed by atoms with Crippen LogP contribution in [-0.4, -0.2) is 0 Å². The van der Waals surface area contributed by atoms with E-state index < -0.39 is 0 Å². The van der Waals surface area contributed by atoms with Gasteiger partial charge in [0.2, 0.25) is 0 Å². The smallest absolute Gasteiger partial charge is 0.306 e. The van der Waals surface area contributed by atoms with Crippen LogP contribution < -0.4 is 0 Å². The van der Waals surface area contributed by atoms with Crippen molar-refractivity contribution < 1.29 is 0 Å². The van der Waals surface area contributed by atoms with E-state index in [-0.39, 0.29) is 10.8 Å². The van der Waals surface area contributed by atoms with E-state index in [1.807, 2.05) is 0 Å². The summed E-state index contributed by atoms with van der Waals surface area (Å²) in [6.45, 7) is 0. The summed E-state index contributed by atoms with van der Waals surface area (Å²) in [5.74, 6) is 3.64. The molecule has 0 radical (unpaired) electrons. The third kappa shape index (κ3) is 0.219. The molecule has 0 saturated heterocycles. The van der Waals surface area contributed by atoms with Gasteiger partial charge in [-0.15, -0.1) is 0 Å². The van der Waals surface area contributed by atoms with Crippen molar-refractivity contribution in [2.75, 3.05) is 0 Å². The second kappa shape index (κ2) is 1.22. The van der Waals surface area contributed by atoms with Gasteiger partial charge in [-0.2, -0.15) is 0 Å². The molecule has 0 aromatic rings. The molecule has 0 bridgehead atoms. The summed E-state index contributed by atoms with van der Waals surface area (Å²) >= 11 is 0. The fourth-order valence-electron chi connectivity index (χ4n) is 6.13. The molecule has 68 valence electrons. The Morgan fingerprint density at radius 1 is 0.714 bits per heavy atom. The molecule has 4 nitrogen and oxygen atoms in total. The Morgan fingerprint density at radius 3 is 1.21 bits per heavy atom. The van der Waals surface area contributed by atoms with Gasteiger partial charge >= 0.3 is 12.1 Å². The molecular weight excluding hydrogens is 180 g/mol. The summed E-state index contributed by atoms with van der Waals surface area (Å²) in [7, 11) is 0. The van der Waals surface area contributed by atoms with Crippen LogP contribution >= 0.6 is 0 Å². The molecule has 0 aromatic carbocycles. The molecule has 6 aliphatic carbocycles. The first-order valence-electron chi connectivity index (χ1n) is 5.04. The normalized spacial score (nSPS) is 75.1. The van der Waals surface area contributed by atoms with Crippen molar-refractivity contribution in [1.82, 2.24) is 0 Å². The van der Waals surface area contributed by atoms with E-state index in [1.165, 1.54) is 0 Å². The topological polar surface area (TPSA) is 54.8 Å². The zero-order valence-corrected chi connectivity index (χ0v) is 7.18. The van der Waals surface area contributed by atoms with Crippen molar-refractivity contribution in [3.8, 4) is 12.1 Å². The molecule has 4 heteroatoms. The van der Waals surface area contributed by atoms with Gasteiger partial charge in [0.25, 0.3) is 0 Å². The van der Waals surface area contributed by atoms with Gasteiger partial charge in [0, 0.05) is 10.0 Å². The lowest BCUT2D eigenvalue weighted by atomic mass is 8.92. The number of rotatable bonds is 0. The molecule has 6 fully saturated rings. The highest BCUT2D eigenvalue weighted by molar-refractivity contribution is 5.62. The van der Waals surface area contributed by atoms with E-state index in [2.05, 4.69) is 22.2 Å². The summed E-state index contributed by atoms with van der Waals surface area (Å²) in [6.07, 6.45) is 0. The minimum Gasteiger partial charge on any atom is -0.498 e. The van der Waals surface area contributed by atoms with Crippen LogP contribution in [0.3, 0.4) is 0 Å². The van der Waals surface area contributed by atoms with Crippen molar-refractivity contribution >= 4 is 0 Å². The van der Waals surface area contributed by atoms with Crippen LogP contribution in [0.1, 0.15) is 0 Å². The fraction of sp³-hybridized carbons (Fsp3) is 0.800. The Labute approximate surface area is 79.7 Å². The first-order valence-corrected chi connectivity index (χ1v) is 5.04. The monoisotopic (exact) mass is 186 g/mol. The lowest BCUT2D eigenvalue weighted by Crippen LogP contribution is -3.09. The molecule has 0 spiro atoms. The number of hydrogen-bond acceptors (Lipinski definition) is 2. The molecular formula is C10H6N2O2. The molecule has 6 rings (SSSR count). The van der Waals surface area contributed by atoms with Crippen molar-refractivity contribution in [2.24, 2.45) is 46.3 Å². The Bertz CT molecular complexity index is 416. The molecule has 0 aromatic heterocycles. The van der Waals surface area contributed by atoms with E-state index in [4.69, 9.17) is 0 Å². The predicted molar refractivity (Wildman–Crippen MR) is 47.0 cm³/mol. The quantitative estimate of drug-likeness (QED) is 0.536. The maximum atomic E-state index is 10.2. The van der Waals surface area contributed by atoms with Crippen molar-refractivity contribution in [2.45, 2.75) is 0 Å². The van der Waals surface area contributed by atoms with Gasteiger partial charge in [-0.05, 0) is 35.5 Å².